The van der Waals surface area contributed by atoms with E-state index in [1.807, 2.05) is 45.0 Å². The Bertz CT molecular complexity index is 1150. The minimum absolute atomic E-state index is 0.0146. The first-order valence-electron chi connectivity index (χ1n) is 11.6. The Balaban J connectivity index is 1.73. The SMILES string of the molecule is COc1ccc([C@@H]2CC(=O)C3=C(C2)NC(C)=C(C(=O)OCC(C)C)[C@H]3c2ccc(F)cc2)cc1. The first-order valence-corrected chi connectivity index (χ1v) is 11.6. The highest BCUT2D eigenvalue weighted by Gasteiger charge is 2.41. The van der Waals surface area contributed by atoms with Crippen molar-refractivity contribution in [2.45, 2.75) is 45.4 Å². The highest BCUT2D eigenvalue weighted by molar-refractivity contribution is 6.04. The van der Waals surface area contributed by atoms with Gasteiger partial charge in [0.2, 0.25) is 0 Å². The fourth-order valence-electron chi connectivity index (χ4n) is 4.73. The molecule has 0 radical (unpaired) electrons. The molecule has 1 N–H and O–H groups in total. The van der Waals surface area contributed by atoms with Crippen molar-refractivity contribution in [1.29, 1.82) is 0 Å². The Hall–Kier alpha value is -3.41. The fourth-order valence-corrected chi connectivity index (χ4v) is 4.73. The Morgan fingerprint density at radius 3 is 2.32 bits per heavy atom. The molecule has 1 heterocycles. The van der Waals surface area contributed by atoms with Crippen LogP contribution in [0.1, 0.15) is 56.6 Å². The maximum absolute atomic E-state index is 13.7. The summed E-state index contributed by atoms with van der Waals surface area (Å²) in [4.78, 5) is 26.7. The van der Waals surface area contributed by atoms with Crippen molar-refractivity contribution in [1.82, 2.24) is 5.32 Å². The van der Waals surface area contributed by atoms with Crippen LogP contribution in [0.25, 0.3) is 0 Å². The van der Waals surface area contributed by atoms with Crippen LogP contribution < -0.4 is 10.1 Å². The van der Waals surface area contributed by atoms with Gasteiger partial charge >= 0.3 is 5.97 Å². The molecule has 2 aromatic carbocycles. The first kappa shape index (κ1) is 23.7. The number of dihydropyridines is 1. The van der Waals surface area contributed by atoms with E-state index in [9.17, 15) is 14.0 Å². The normalized spacial score (nSPS) is 20.2. The summed E-state index contributed by atoms with van der Waals surface area (Å²) >= 11 is 0. The molecule has 0 aromatic heterocycles. The molecule has 4 rings (SSSR count). The van der Waals surface area contributed by atoms with Crippen LogP contribution in [-0.2, 0) is 14.3 Å². The van der Waals surface area contributed by atoms with E-state index in [1.165, 1.54) is 12.1 Å². The number of ketones is 1. The van der Waals surface area contributed by atoms with Crippen molar-refractivity contribution in [2.75, 3.05) is 13.7 Å². The Morgan fingerprint density at radius 2 is 1.71 bits per heavy atom. The molecule has 0 unspecified atom stereocenters. The Morgan fingerprint density at radius 1 is 1.06 bits per heavy atom. The lowest BCUT2D eigenvalue weighted by Gasteiger charge is -2.36. The van der Waals surface area contributed by atoms with Gasteiger partial charge in [0.25, 0.3) is 0 Å². The van der Waals surface area contributed by atoms with E-state index < -0.39 is 11.9 Å². The summed E-state index contributed by atoms with van der Waals surface area (Å²) in [6.07, 6.45) is 0.967. The number of hydrogen-bond donors (Lipinski definition) is 1. The molecule has 2 atom stereocenters. The van der Waals surface area contributed by atoms with Crippen molar-refractivity contribution in [3.63, 3.8) is 0 Å². The monoisotopic (exact) mass is 463 g/mol. The lowest BCUT2D eigenvalue weighted by molar-refractivity contribution is -0.140. The summed E-state index contributed by atoms with van der Waals surface area (Å²) in [6, 6.07) is 13.8. The quantitative estimate of drug-likeness (QED) is 0.582. The summed E-state index contributed by atoms with van der Waals surface area (Å²) in [5, 5.41) is 3.34. The number of carbonyl (C=O) groups excluding carboxylic acids is 2. The van der Waals surface area contributed by atoms with Gasteiger partial charge in [0.1, 0.15) is 11.6 Å². The van der Waals surface area contributed by atoms with Gasteiger partial charge in [-0.05, 0) is 60.6 Å². The number of ether oxygens (including phenoxy) is 2. The van der Waals surface area contributed by atoms with E-state index in [0.29, 0.717) is 35.2 Å². The zero-order valence-electron chi connectivity index (χ0n) is 20.0. The Labute approximate surface area is 199 Å². The van der Waals surface area contributed by atoms with E-state index in [2.05, 4.69) is 5.32 Å². The molecule has 0 spiro atoms. The third-order valence-electron chi connectivity index (χ3n) is 6.39. The molecule has 0 saturated carbocycles. The molecule has 2 aromatic rings. The van der Waals surface area contributed by atoms with Gasteiger partial charge in [0.15, 0.2) is 5.78 Å². The Kier molecular flexibility index (Phi) is 6.87. The maximum atomic E-state index is 13.7. The smallest absolute Gasteiger partial charge is 0.336 e. The highest BCUT2D eigenvalue weighted by atomic mass is 19.1. The van der Waals surface area contributed by atoms with Crippen molar-refractivity contribution < 1.29 is 23.5 Å². The predicted molar refractivity (Wildman–Crippen MR) is 128 cm³/mol. The molecule has 1 aliphatic heterocycles. The first-order chi connectivity index (χ1) is 16.3. The second-order valence-corrected chi connectivity index (χ2v) is 9.33. The van der Waals surface area contributed by atoms with Crippen molar-refractivity contribution >= 4 is 11.8 Å². The number of hydrogen-bond acceptors (Lipinski definition) is 5. The minimum Gasteiger partial charge on any atom is -0.497 e. The van der Waals surface area contributed by atoms with Gasteiger partial charge in [-0.1, -0.05) is 38.1 Å². The highest BCUT2D eigenvalue weighted by Crippen LogP contribution is 2.45. The number of methoxy groups -OCH3 is 1. The zero-order chi connectivity index (χ0) is 24.4. The van der Waals surface area contributed by atoms with Crippen LogP contribution in [0.2, 0.25) is 0 Å². The van der Waals surface area contributed by atoms with E-state index in [0.717, 1.165) is 17.0 Å². The lowest BCUT2D eigenvalue weighted by atomic mass is 9.71. The number of halogens is 1. The third kappa shape index (κ3) is 4.76. The average Bonchev–Trinajstić information content (AvgIpc) is 2.82. The molecule has 178 valence electrons. The molecule has 2 aliphatic rings. The summed E-state index contributed by atoms with van der Waals surface area (Å²) in [6.45, 7) is 6.05. The third-order valence-corrected chi connectivity index (χ3v) is 6.39. The van der Waals surface area contributed by atoms with Crippen LogP contribution >= 0.6 is 0 Å². The van der Waals surface area contributed by atoms with E-state index in [1.54, 1.807) is 19.2 Å². The van der Waals surface area contributed by atoms with Crippen LogP contribution in [0.5, 0.6) is 5.75 Å². The van der Waals surface area contributed by atoms with Crippen LogP contribution in [0, 0.1) is 11.7 Å². The molecule has 6 heteroatoms. The lowest BCUT2D eigenvalue weighted by Crippen LogP contribution is -2.36. The zero-order valence-corrected chi connectivity index (χ0v) is 20.0. The molecule has 1 aliphatic carbocycles. The number of Topliss-reactive ketones (excluding diaryl/α,β-unsaturated/α-hetero) is 1. The molecule has 0 saturated heterocycles. The van der Waals surface area contributed by atoms with Crippen molar-refractivity contribution in [3.05, 3.63) is 88.0 Å². The maximum Gasteiger partial charge on any atom is 0.336 e. The van der Waals surface area contributed by atoms with Crippen molar-refractivity contribution in [3.8, 4) is 5.75 Å². The summed E-state index contributed by atoms with van der Waals surface area (Å²) in [5.74, 6) is -0.480. The fraction of sp³-hybridized carbons (Fsp3) is 0.357. The second-order valence-electron chi connectivity index (χ2n) is 9.33. The topological polar surface area (TPSA) is 64.6 Å². The molecule has 5 nitrogen and oxygen atoms in total. The molecule has 0 bridgehead atoms. The molecular weight excluding hydrogens is 433 g/mol. The number of nitrogens with one attached hydrogen (secondary N) is 1. The average molecular weight is 464 g/mol. The van der Waals surface area contributed by atoms with E-state index in [4.69, 9.17) is 9.47 Å². The van der Waals surface area contributed by atoms with Gasteiger partial charge in [-0.15, -0.1) is 0 Å². The van der Waals surface area contributed by atoms with Gasteiger partial charge in [0.05, 0.1) is 19.3 Å². The number of rotatable bonds is 6. The number of esters is 1. The van der Waals surface area contributed by atoms with Gasteiger partial charge in [-0.25, -0.2) is 9.18 Å². The number of benzene rings is 2. The molecule has 34 heavy (non-hydrogen) atoms. The van der Waals surface area contributed by atoms with Gasteiger partial charge < -0.3 is 14.8 Å². The number of allylic oxidation sites excluding steroid dienone is 3. The van der Waals surface area contributed by atoms with Crippen LogP contribution in [0.15, 0.2) is 71.1 Å². The van der Waals surface area contributed by atoms with Gasteiger partial charge in [-0.2, -0.15) is 0 Å². The number of carbonyl (C=O) groups is 2. The van der Waals surface area contributed by atoms with Crippen LogP contribution in [0.3, 0.4) is 0 Å². The van der Waals surface area contributed by atoms with E-state index >= 15 is 0 Å². The van der Waals surface area contributed by atoms with Crippen LogP contribution in [-0.4, -0.2) is 25.5 Å². The van der Waals surface area contributed by atoms with Crippen molar-refractivity contribution in [2.24, 2.45) is 5.92 Å². The van der Waals surface area contributed by atoms with Gasteiger partial charge in [-0.3, -0.25) is 4.79 Å². The minimum atomic E-state index is -0.596. The summed E-state index contributed by atoms with van der Waals surface area (Å²) < 4.78 is 24.5. The summed E-state index contributed by atoms with van der Waals surface area (Å²) in [5.41, 5.74) is 4.20. The molecule has 0 amide bonds. The predicted octanol–water partition coefficient (Wildman–Crippen LogP) is 5.40. The standard InChI is InChI=1S/C28H30FNO4/c1-16(2)15-34-28(32)25-17(3)30-23-13-20(18-7-11-22(33-4)12-8-18)14-24(31)27(23)26(25)19-5-9-21(29)10-6-19/h5-12,16,20,26,30H,13-15H2,1-4H3/t20-,26+/m0/s1. The van der Waals surface area contributed by atoms with Crippen LogP contribution in [0.4, 0.5) is 4.39 Å². The largest absolute Gasteiger partial charge is 0.497 e. The molecular formula is C28H30FNO4. The second kappa shape index (κ2) is 9.84. The van der Waals surface area contributed by atoms with E-state index in [-0.39, 0.29) is 30.0 Å². The summed E-state index contributed by atoms with van der Waals surface area (Å²) in [7, 11) is 1.62. The molecule has 0 fully saturated rings. The van der Waals surface area contributed by atoms with Gasteiger partial charge in [0, 0.05) is 29.3 Å².